The van der Waals surface area contributed by atoms with E-state index in [1.807, 2.05) is 13.0 Å². The molecule has 0 saturated carbocycles. The van der Waals surface area contributed by atoms with E-state index < -0.39 is 9.84 Å². The number of rotatable bonds is 2. The highest BCUT2D eigenvalue weighted by Gasteiger charge is 2.08. The molecule has 0 aliphatic carbocycles. The van der Waals surface area contributed by atoms with E-state index in [0.29, 0.717) is 4.90 Å². The molecule has 1 aromatic rings. The zero-order valence-electron chi connectivity index (χ0n) is 7.54. The molecule has 0 unspecified atom stereocenters. The first-order valence-electron chi connectivity index (χ1n) is 3.93. The van der Waals surface area contributed by atoms with Crippen LogP contribution in [-0.2, 0) is 16.3 Å². The van der Waals surface area contributed by atoms with E-state index in [9.17, 15) is 8.42 Å². The molecule has 0 radical (unpaired) electrons. The van der Waals surface area contributed by atoms with Crippen molar-refractivity contribution in [2.24, 2.45) is 0 Å². The van der Waals surface area contributed by atoms with Gasteiger partial charge in [0.1, 0.15) is 0 Å². The highest BCUT2D eigenvalue weighted by atomic mass is 79.9. The lowest BCUT2D eigenvalue weighted by Gasteiger charge is -2.02. The van der Waals surface area contributed by atoms with Crippen LogP contribution >= 0.6 is 15.9 Å². The predicted octanol–water partition coefficient (Wildman–Crippen LogP) is 2.42. The molecule has 0 saturated heterocycles. The monoisotopic (exact) mass is 262 g/mol. The molecule has 4 heteroatoms. The topological polar surface area (TPSA) is 34.1 Å². The fourth-order valence-electron chi connectivity index (χ4n) is 1.04. The van der Waals surface area contributed by atoms with Crippen LogP contribution in [0.5, 0.6) is 0 Å². The van der Waals surface area contributed by atoms with Crippen molar-refractivity contribution in [3.05, 3.63) is 28.2 Å². The molecule has 0 atom stereocenters. The molecule has 0 N–H and O–H groups in total. The summed E-state index contributed by atoms with van der Waals surface area (Å²) in [5, 5.41) is 0. The first-order chi connectivity index (χ1) is 5.93. The zero-order valence-corrected chi connectivity index (χ0v) is 9.94. The predicted molar refractivity (Wildman–Crippen MR) is 56.6 cm³/mol. The Kier molecular flexibility index (Phi) is 3.14. The van der Waals surface area contributed by atoms with Crippen LogP contribution in [0.3, 0.4) is 0 Å². The Balaban J connectivity index is 3.33. The lowest BCUT2D eigenvalue weighted by Crippen LogP contribution is -1.98. The summed E-state index contributed by atoms with van der Waals surface area (Å²) in [6.45, 7) is 1.99. The van der Waals surface area contributed by atoms with Gasteiger partial charge in [0.2, 0.25) is 0 Å². The van der Waals surface area contributed by atoms with Gasteiger partial charge >= 0.3 is 0 Å². The van der Waals surface area contributed by atoms with Crippen LogP contribution in [0.25, 0.3) is 0 Å². The summed E-state index contributed by atoms with van der Waals surface area (Å²) >= 11 is 3.28. The van der Waals surface area contributed by atoms with Gasteiger partial charge in [-0.1, -0.05) is 22.9 Å². The molecule has 0 bridgehead atoms. The third kappa shape index (κ3) is 2.81. The zero-order chi connectivity index (χ0) is 10.1. The normalized spacial score (nSPS) is 11.6. The molecule has 2 nitrogen and oxygen atoms in total. The Morgan fingerprint density at radius 2 is 1.92 bits per heavy atom. The van der Waals surface area contributed by atoms with Gasteiger partial charge in [0.15, 0.2) is 9.84 Å². The van der Waals surface area contributed by atoms with Crippen molar-refractivity contribution in [2.45, 2.75) is 18.2 Å². The quantitative estimate of drug-likeness (QED) is 0.821. The minimum Gasteiger partial charge on any atom is -0.224 e. The van der Waals surface area contributed by atoms with E-state index in [2.05, 4.69) is 15.9 Å². The first-order valence-corrected chi connectivity index (χ1v) is 6.61. The van der Waals surface area contributed by atoms with Gasteiger partial charge in [-0.25, -0.2) is 8.42 Å². The molecule has 72 valence electrons. The van der Waals surface area contributed by atoms with Gasteiger partial charge < -0.3 is 0 Å². The van der Waals surface area contributed by atoms with Crippen molar-refractivity contribution >= 4 is 25.8 Å². The standard InChI is InChI=1S/C9H11BrO2S/c1-3-7-4-8(10)6-9(5-7)13(2,11)12/h4-6H,3H2,1-2H3. The lowest BCUT2D eigenvalue weighted by atomic mass is 10.2. The number of hydrogen-bond donors (Lipinski definition) is 0. The van der Waals surface area contributed by atoms with E-state index in [-0.39, 0.29) is 0 Å². The van der Waals surface area contributed by atoms with Crippen molar-refractivity contribution in [3.8, 4) is 0 Å². The minimum absolute atomic E-state index is 0.374. The van der Waals surface area contributed by atoms with Crippen LogP contribution in [0.4, 0.5) is 0 Å². The fraction of sp³-hybridized carbons (Fsp3) is 0.333. The average molecular weight is 263 g/mol. The summed E-state index contributed by atoms with van der Waals surface area (Å²) in [6.07, 6.45) is 2.05. The summed E-state index contributed by atoms with van der Waals surface area (Å²) in [5.41, 5.74) is 1.02. The average Bonchev–Trinajstić information content (AvgIpc) is 2.01. The van der Waals surface area contributed by atoms with E-state index in [4.69, 9.17) is 0 Å². The summed E-state index contributed by atoms with van der Waals surface area (Å²) in [6, 6.07) is 5.25. The van der Waals surface area contributed by atoms with Crippen LogP contribution in [0.15, 0.2) is 27.6 Å². The maximum atomic E-state index is 11.2. The first kappa shape index (κ1) is 10.7. The van der Waals surface area contributed by atoms with E-state index in [1.165, 1.54) is 6.26 Å². The third-order valence-corrected chi connectivity index (χ3v) is 3.32. The Hall–Kier alpha value is -0.350. The molecule has 1 rings (SSSR count). The van der Waals surface area contributed by atoms with Crippen LogP contribution in [-0.4, -0.2) is 14.7 Å². The van der Waals surface area contributed by atoms with E-state index >= 15 is 0 Å². The summed E-state index contributed by atoms with van der Waals surface area (Å²) in [7, 11) is -3.09. The lowest BCUT2D eigenvalue weighted by molar-refractivity contribution is 0.601. The molecular formula is C9H11BrO2S. The second-order valence-corrected chi connectivity index (χ2v) is 5.85. The Labute approximate surface area is 87.0 Å². The van der Waals surface area contributed by atoms with Crippen molar-refractivity contribution in [3.63, 3.8) is 0 Å². The fourth-order valence-corrected chi connectivity index (χ4v) is 2.44. The highest BCUT2D eigenvalue weighted by molar-refractivity contribution is 9.10. The van der Waals surface area contributed by atoms with Crippen molar-refractivity contribution < 1.29 is 8.42 Å². The highest BCUT2D eigenvalue weighted by Crippen LogP contribution is 2.19. The van der Waals surface area contributed by atoms with Crippen LogP contribution < -0.4 is 0 Å². The number of hydrogen-bond acceptors (Lipinski definition) is 2. The Morgan fingerprint density at radius 3 is 2.38 bits per heavy atom. The molecule has 0 amide bonds. The number of aryl methyl sites for hydroxylation is 1. The van der Waals surface area contributed by atoms with Gasteiger partial charge in [-0.15, -0.1) is 0 Å². The maximum absolute atomic E-state index is 11.2. The molecule has 0 aliphatic heterocycles. The molecule has 0 aliphatic rings. The largest absolute Gasteiger partial charge is 0.224 e. The molecule has 1 aromatic carbocycles. The molecule has 0 heterocycles. The van der Waals surface area contributed by atoms with Gasteiger partial charge in [-0.3, -0.25) is 0 Å². The van der Waals surface area contributed by atoms with Gasteiger partial charge in [0.25, 0.3) is 0 Å². The minimum atomic E-state index is -3.09. The van der Waals surface area contributed by atoms with Crippen LogP contribution in [0, 0.1) is 0 Å². The smallest absolute Gasteiger partial charge is 0.175 e. The van der Waals surface area contributed by atoms with E-state index in [1.54, 1.807) is 12.1 Å². The molecule has 13 heavy (non-hydrogen) atoms. The molecule has 0 aromatic heterocycles. The van der Waals surface area contributed by atoms with Gasteiger partial charge in [0, 0.05) is 10.7 Å². The number of sulfone groups is 1. The van der Waals surface area contributed by atoms with Crippen molar-refractivity contribution in [1.82, 2.24) is 0 Å². The number of halogens is 1. The second kappa shape index (κ2) is 3.80. The Morgan fingerprint density at radius 1 is 1.31 bits per heavy atom. The summed E-state index contributed by atoms with van der Waals surface area (Å²) in [4.78, 5) is 0.374. The van der Waals surface area contributed by atoms with Gasteiger partial charge in [-0.2, -0.15) is 0 Å². The van der Waals surface area contributed by atoms with E-state index in [0.717, 1.165) is 16.5 Å². The maximum Gasteiger partial charge on any atom is 0.175 e. The van der Waals surface area contributed by atoms with Gasteiger partial charge in [0.05, 0.1) is 4.90 Å². The SMILES string of the molecule is CCc1cc(Br)cc(S(C)(=O)=O)c1. The Bertz CT molecular complexity index is 410. The second-order valence-electron chi connectivity index (χ2n) is 2.92. The van der Waals surface area contributed by atoms with Crippen LogP contribution in [0.2, 0.25) is 0 Å². The van der Waals surface area contributed by atoms with Gasteiger partial charge in [-0.05, 0) is 30.2 Å². The molecule has 0 spiro atoms. The molecule has 0 fully saturated rings. The van der Waals surface area contributed by atoms with Crippen LogP contribution in [0.1, 0.15) is 12.5 Å². The molecular weight excluding hydrogens is 252 g/mol. The third-order valence-electron chi connectivity index (χ3n) is 1.77. The number of benzene rings is 1. The van der Waals surface area contributed by atoms with Crippen molar-refractivity contribution in [2.75, 3.05) is 6.26 Å². The summed E-state index contributed by atoms with van der Waals surface area (Å²) in [5.74, 6) is 0. The van der Waals surface area contributed by atoms with Crippen molar-refractivity contribution in [1.29, 1.82) is 0 Å². The summed E-state index contributed by atoms with van der Waals surface area (Å²) < 4.78 is 23.3.